The first kappa shape index (κ1) is 22.2. The van der Waals surface area contributed by atoms with Gasteiger partial charge in [-0.1, -0.05) is 6.07 Å². The summed E-state index contributed by atoms with van der Waals surface area (Å²) in [5.74, 6) is -3.94. The van der Waals surface area contributed by atoms with E-state index in [1.807, 2.05) is 0 Å². The van der Waals surface area contributed by atoms with Crippen molar-refractivity contribution in [2.24, 2.45) is 0 Å². The van der Waals surface area contributed by atoms with Crippen molar-refractivity contribution in [2.75, 3.05) is 32.4 Å². The fourth-order valence-electron chi connectivity index (χ4n) is 3.31. The van der Waals surface area contributed by atoms with Crippen molar-refractivity contribution in [3.63, 3.8) is 0 Å². The van der Waals surface area contributed by atoms with Crippen LogP contribution in [-0.4, -0.2) is 60.0 Å². The molecular weight excluding hydrogens is 414 g/mol. The van der Waals surface area contributed by atoms with Gasteiger partial charge in [-0.15, -0.1) is 0 Å². The van der Waals surface area contributed by atoms with E-state index in [4.69, 9.17) is 4.74 Å². The van der Waals surface area contributed by atoms with Crippen molar-refractivity contribution in [1.82, 2.24) is 14.9 Å². The van der Waals surface area contributed by atoms with Gasteiger partial charge in [0.15, 0.2) is 11.4 Å². The van der Waals surface area contributed by atoms with Gasteiger partial charge in [-0.3, -0.25) is 24.1 Å². The highest BCUT2D eigenvalue weighted by atomic mass is 19.1. The Kier molecular flexibility index (Phi) is 6.25. The van der Waals surface area contributed by atoms with Crippen LogP contribution in [0.1, 0.15) is 33.3 Å². The van der Waals surface area contributed by atoms with Gasteiger partial charge in [0.25, 0.3) is 11.8 Å². The summed E-state index contributed by atoms with van der Waals surface area (Å²) in [6, 6.07) is 2.57. The minimum atomic E-state index is -1.04. The Bertz CT molecular complexity index is 1090. The van der Waals surface area contributed by atoms with E-state index in [-0.39, 0.29) is 37.1 Å². The van der Waals surface area contributed by atoms with Crippen molar-refractivity contribution >= 4 is 11.8 Å². The third kappa shape index (κ3) is 4.22. The number of ether oxygens (including phenoxy) is 1. The van der Waals surface area contributed by atoms with E-state index in [0.717, 1.165) is 12.3 Å². The Balaban J connectivity index is 1.90. The summed E-state index contributed by atoms with van der Waals surface area (Å²) in [4.78, 5) is 39.4. The summed E-state index contributed by atoms with van der Waals surface area (Å²) in [7, 11) is 3.11. The normalized spacial score (nSPS) is 14.4. The highest BCUT2D eigenvalue weighted by Gasteiger charge is 2.35. The van der Waals surface area contributed by atoms with E-state index in [2.05, 4.69) is 5.32 Å². The van der Waals surface area contributed by atoms with Crippen LogP contribution >= 0.6 is 0 Å². The van der Waals surface area contributed by atoms with Crippen LogP contribution in [0.5, 0.6) is 5.75 Å². The van der Waals surface area contributed by atoms with Gasteiger partial charge in [0.1, 0.15) is 23.9 Å². The van der Waals surface area contributed by atoms with Crippen LogP contribution in [0.25, 0.3) is 0 Å². The zero-order valence-electron chi connectivity index (χ0n) is 17.2. The maximum absolute atomic E-state index is 13.8. The van der Waals surface area contributed by atoms with Gasteiger partial charge in [0.05, 0.1) is 12.6 Å². The fourth-order valence-corrected chi connectivity index (χ4v) is 3.31. The molecule has 1 aromatic heterocycles. The quantitative estimate of drug-likeness (QED) is 0.694. The Morgan fingerprint density at radius 2 is 2.03 bits per heavy atom. The van der Waals surface area contributed by atoms with Crippen LogP contribution in [-0.2, 0) is 11.3 Å². The van der Waals surface area contributed by atoms with E-state index >= 15 is 0 Å². The molecule has 0 saturated carbocycles. The Hall–Kier alpha value is -3.47. The average molecular weight is 436 g/mol. The smallest absolute Gasteiger partial charge is 0.278 e. The number of benzene rings is 1. The van der Waals surface area contributed by atoms with Crippen molar-refractivity contribution in [3.05, 3.63) is 63.1 Å². The predicted octanol–water partition coefficient (Wildman–Crippen LogP) is 0.778. The standard InChI is InChI=1S/C20H22F2N4O5/c1-11(9-31-3)25-10-24(2)26-8-14(17(27)18(28)16(26)20(25)30)19(29)23-7-12-4-5-13(21)6-15(12)22/h4-6,8,11,28H,7,9-10H2,1-3H3,(H,23,29)/t11-/m0/s1. The number of amides is 2. The molecule has 9 nitrogen and oxygen atoms in total. The van der Waals surface area contributed by atoms with Crippen molar-refractivity contribution in [2.45, 2.75) is 19.5 Å². The molecule has 1 atom stereocenters. The molecule has 3 rings (SSSR count). The van der Waals surface area contributed by atoms with Crippen molar-refractivity contribution in [3.8, 4) is 5.75 Å². The summed E-state index contributed by atoms with van der Waals surface area (Å²) in [5, 5.41) is 14.3. The number of rotatable bonds is 6. The first-order valence-electron chi connectivity index (χ1n) is 9.37. The highest BCUT2D eigenvalue weighted by molar-refractivity contribution is 5.99. The van der Waals surface area contributed by atoms with Crippen LogP contribution in [0.2, 0.25) is 0 Å². The minimum absolute atomic E-state index is 0.0205. The maximum Gasteiger partial charge on any atom is 0.278 e. The topological polar surface area (TPSA) is 104 Å². The SMILES string of the molecule is COC[C@H](C)N1CN(C)n2cc(C(=O)NCc3ccc(F)cc3F)c(=O)c(O)c2C1=O. The third-order valence-electron chi connectivity index (χ3n) is 4.99. The number of aromatic nitrogens is 1. The highest BCUT2D eigenvalue weighted by Crippen LogP contribution is 2.22. The molecule has 2 aromatic rings. The summed E-state index contributed by atoms with van der Waals surface area (Å²) in [6.45, 7) is 1.84. The van der Waals surface area contributed by atoms with E-state index < -0.39 is 40.2 Å². The monoisotopic (exact) mass is 436 g/mol. The second-order valence-corrected chi connectivity index (χ2v) is 7.21. The lowest BCUT2D eigenvalue weighted by molar-refractivity contribution is 0.0489. The molecular formula is C20H22F2N4O5. The lowest BCUT2D eigenvalue weighted by Crippen LogP contribution is -2.56. The number of hydrogen-bond donors (Lipinski definition) is 2. The molecule has 0 unspecified atom stereocenters. The maximum atomic E-state index is 13.8. The zero-order chi connectivity index (χ0) is 22.9. The first-order valence-corrected chi connectivity index (χ1v) is 9.37. The molecule has 0 saturated heterocycles. The van der Waals surface area contributed by atoms with E-state index in [0.29, 0.717) is 6.07 Å². The van der Waals surface area contributed by atoms with E-state index in [9.17, 15) is 28.3 Å². The summed E-state index contributed by atoms with van der Waals surface area (Å²) in [5.41, 5.74) is -1.72. The predicted molar refractivity (Wildman–Crippen MR) is 106 cm³/mol. The number of carbonyl (C=O) groups excluding carboxylic acids is 2. The number of nitrogens with zero attached hydrogens (tertiary/aromatic N) is 3. The molecule has 2 heterocycles. The fraction of sp³-hybridized carbons (Fsp3) is 0.350. The largest absolute Gasteiger partial charge is 0.502 e. The van der Waals surface area contributed by atoms with Gasteiger partial charge in [0, 0.05) is 38.5 Å². The molecule has 0 aliphatic carbocycles. The van der Waals surface area contributed by atoms with Crippen molar-refractivity contribution < 1.29 is 28.2 Å². The Morgan fingerprint density at radius 3 is 2.68 bits per heavy atom. The average Bonchev–Trinajstić information content (AvgIpc) is 2.71. The molecule has 166 valence electrons. The van der Waals surface area contributed by atoms with Crippen LogP contribution in [0.3, 0.4) is 0 Å². The summed E-state index contributed by atoms with van der Waals surface area (Å²) >= 11 is 0. The molecule has 2 N–H and O–H groups in total. The van der Waals surface area contributed by atoms with Crippen LogP contribution < -0.4 is 15.8 Å². The zero-order valence-corrected chi connectivity index (χ0v) is 17.2. The van der Waals surface area contributed by atoms with Gasteiger partial charge in [0.2, 0.25) is 5.43 Å². The number of methoxy groups -OCH3 is 1. The third-order valence-corrected chi connectivity index (χ3v) is 4.99. The van der Waals surface area contributed by atoms with Crippen LogP contribution in [0, 0.1) is 11.6 Å². The molecule has 0 spiro atoms. The lowest BCUT2D eigenvalue weighted by atomic mass is 10.1. The Labute approximate surface area is 176 Å². The van der Waals surface area contributed by atoms with Crippen molar-refractivity contribution in [1.29, 1.82) is 0 Å². The number of hydrogen-bond acceptors (Lipinski definition) is 6. The number of fused-ring (bicyclic) bond motifs is 1. The van der Waals surface area contributed by atoms with Gasteiger partial charge in [-0.05, 0) is 13.0 Å². The van der Waals surface area contributed by atoms with Crippen LogP contribution in [0.15, 0.2) is 29.2 Å². The van der Waals surface area contributed by atoms with Gasteiger partial charge < -0.3 is 20.1 Å². The van der Waals surface area contributed by atoms with Crippen LogP contribution in [0.4, 0.5) is 8.78 Å². The molecule has 1 aliphatic rings. The molecule has 31 heavy (non-hydrogen) atoms. The molecule has 2 amide bonds. The Morgan fingerprint density at radius 1 is 1.32 bits per heavy atom. The second kappa shape index (κ2) is 8.72. The number of pyridine rings is 1. The van der Waals surface area contributed by atoms with Gasteiger partial charge in [-0.2, -0.15) is 0 Å². The summed E-state index contributed by atoms with van der Waals surface area (Å²) in [6.07, 6.45) is 1.14. The number of halogens is 2. The molecule has 0 radical (unpaired) electrons. The van der Waals surface area contributed by atoms with E-state index in [1.165, 1.54) is 22.8 Å². The number of carbonyl (C=O) groups is 2. The molecule has 1 aromatic carbocycles. The molecule has 1 aliphatic heterocycles. The lowest BCUT2D eigenvalue weighted by Gasteiger charge is -2.40. The molecule has 11 heteroatoms. The molecule has 0 fully saturated rings. The molecule has 0 bridgehead atoms. The summed E-state index contributed by atoms with van der Waals surface area (Å²) < 4.78 is 33.1. The van der Waals surface area contributed by atoms with Gasteiger partial charge in [-0.25, -0.2) is 8.78 Å². The number of nitrogens with one attached hydrogen (secondary N) is 1. The second-order valence-electron chi connectivity index (χ2n) is 7.21. The number of aromatic hydroxyl groups is 1. The minimum Gasteiger partial charge on any atom is -0.502 e. The first-order chi connectivity index (χ1) is 14.6. The van der Waals surface area contributed by atoms with E-state index in [1.54, 1.807) is 19.0 Å². The van der Waals surface area contributed by atoms with Gasteiger partial charge >= 0.3 is 0 Å².